The van der Waals surface area contributed by atoms with Gasteiger partial charge in [0.05, 0.1) is 0 Å². The van der Waals surface area contributed by atoms with Gasteiger partial charge in [0.2, 0.25) is 5.91 Å². The second-order valence-electron chi connectivity index (χ2n) is 7.42. The summed E-state index contributed by atoms with van der Waals surface area (Å²) in [7, 11) is 0. The average Bonchev–Trinajstić information content (AvgIpc) is 3.23. The molecular formula is C23H23BrN4O2. The van der Waals surface area contributed by atoms with Crippen molar-refractivity contribution in [3.05, 3.63) is 82.7 Å². The maximum Gasteiger partial charge on any atom is 0.270 e. The Labute approximate surface area is 184 Å². The van der Waals surface area contributed by atoms with Crippen LogP contribution in [0.3, 0.4) is 0 Å². The molecule has 0 saturated carbocycles. The third-order valence-corrected chi connectivity index (χ3v) is 5.85. The Hall–Kier alpha value is -2.93. The maximum atomic E-state index is 13.1. The molecule has 0 unspecified atom stereocenters. The molecule has 6 nitrogen and oxygen atoms in total. The summed E-state index contributed by atoms with van der Waals surface area (Å²) in [5.74, 6) is 0.407. The third kappa shape index (κ3) is 4.79. The van der Waals surface area contributed by atoms with Crippen LogP contribution in [-0.2, 0) is 11.3 Å². The molecule has 30 heavy (non-hydrogen) atoms. The first kappa shape index (κ1) is 20.3. The van der Waals surface area contributed by atoms with Gasteiger partial charge in [-0.25, -0.2) is 4.98 Å². The molecule has 0 radical (unpaired) electrons. The van der Waals surface area contributed by atoms with Gasteiger partial charge in [-0.1, -0.05) is 30.3 Å². The minimum absolute atomic E-state index is 0.0179. The van der Waals surface area contributed by atoms with Gasteiger partial charge in [0.25, 0.3) is 5.91 Å². The molecule has 7 heteroatoms. The number of aromatic nitrogens is 2. The number of nitrogens with one attached hydrogen (secondary N) is 1. The number of piperidine rings is 1. The minimum Gasteiger partial charge on any atom is -0.339 e. The summed E-state index contributed by atoms with van der Waals surface area (Å²) in [6, 6.07) is 17.5. The van der Waals surface area contributed by atoms with Crippen molar-refractivity contribution in [2.75, 3.05) is 18.4 Å². The van der Waals surface area contributed by atoms with Crippen molar-refractivity contribution in [1.82, 2.24) is 14.5 Å². The van der Waals surface area contributed by atoms with Crippen LogP contribution in [-0.4, -0.2) is 39.4 Å². The van der Waals surface area contributed by atoms with Gasteiger partial charge in [0.1, 0.15) is 11.5 Å². The highest BCUT2D eigenvalue weighted by molar-refractivity contribution is 9.10. The number of anilines is 1. The monoisotopic (exact) mass is 466 g/mol. The Kier molecular flexibility index (Phi) is 6.28. The largest absolute Gasteiger partial charge is 0.339 e. The average molecular weight is 467 g/mol. The maximum absolute atomic E-state index is 13.1. The van der Waals surface area contributed by atoms with Crippen molar-refractivity contribution in [3.8, 4) is 0 Å². The molecule has 1 aliphatic heterocycles. The highest BCUT2D eigenvalue weighted by Gasteiger charge is 2.29. The van der Waals surface area contributed by atoms with Crippen LogP contribution >= 0.6 is 15.9 Å². The van der Waals surface area contributed by atoms with E-state index >= 15 is 0 Å². The summed E-state index contributed by atoms with van der Waals surface area (Å²) >= 11 is 3.33. The second-order valence-corrected chi connectivity index (χ2v) is 8.34. The molecule has 3 aromatic rings. The van der Waals surface area contributed by atoms with Gasteiger partial charge in [-0.05, 0) is 58.6 Å². The molecule has 154 valence electrons. The van der Waals surface area contributed by atoms with Crippen LogP contribution in [0.4, 0.5) is 5.82 Å². The van der Waals surface area contributed by atoms with E-state index in [1.807, 2.05) is 52.1 Å². The predicted molar refractivity (Wildman–Crippen MR) is 119 cm³/mol. The van der Waals surface area contributed by atoms with Crippen LogP contribution in [0.2, 0.25) is 0 Å². The molecule has 2 amide bonds. The molecule has 1 N–H and O–H groups in total. The fraction of sp³-hybridized carbons (Fsp3) is 0.261. The van der Waals surface area contributed by atoms with E-state index < -0.39 is 0 Å². The number of nitrogens with zero attached hydrogens (tertiary/aromatic N) is 3. The first-order chi connectivity index (χ1) is 14.6. The molecule has 1 saturated heterocycles. The Morgan fingerprint density at radius 3 is 2.50 bits per heavy atom. The lowest BCUT2D eigenvalue weighted by Gasteiger charge is -2.31. The Morgan fingerprint density at radius 2 is 1.80 bits per heavy atom. The van der Waals surface area contributed by atoms with Crippen LogP contribution in [0.1, 0.15) is 28.9 Å². The van der Waals surface area contributed by atoms with Gasteiger partial charge >= 0.3 is 0 Å². The lowest BCUT2D eigenvalue weighted by Crippen LogP contribution is -2.42. The van der Waals surface area contributed by atoms with Crippen molar-refractivity contribution in [2.24, 2.45) is 5.92 Å². The number of halogens is 1. The Bertz CT molecular complexity index is 1010. The van der Waals surface area contributed by atoms with Gasteiger partial charge in [-0.3, -0.25) is 9.59 Å². The number of rotatable bonds is 5. The fourth-order valence-corrected chi connectivity index (χ4v) is 3.95. The van der Waals surface area contributed by atoms with Gasteiger partial charge in [0, 0.05) is 42.4 Å². The summed E-state index contributed by atoms with van der Waals surface area (Å²) in [5.41, 5.74) is 1.83. The fourth-order valence-electron chi connectivity index (χ4n) is 3.71. The van der Waals surface area contributed by atoms with Crippen molar-refractivity contribution in [1.29, 1.82) is 0 Å². The highest BCUT2D eigenvalue weighted by atomic mass is 79.9. The van der Waals surface area contributed by atoms with Crippen molar-refractivity contribution in [3.63, 3.8) is 0 Å². The first-order valence-electron chi connectivity index (χ1n) is 10.0. The van der Waals surface area contributed by atoms with Crippen molar-refractivity contribution >= 4 is 33.6 Å². The summed E-state index contributed by atoms with van der Waals surface area (Å²) < 4.78 is 2.85. The van der Waals surface area contributed by atoms with E-state index in [0.717, 1.165) is 10.0 Å². The van der Waals surface area contributed by atoms with E-state index in [4.69, 9.17) is 0 Å². The lowest BCUT2D eigenvalue weighted by molar-refractivity contribution is -0.121. The summed E-state index contributed by atoms with van der Waals surface area (Å²) in [4.78, 5) is 31.6. The number of pyridine rings is 1. The molecule has 1 aliphatic rings. The van der Waals surface area contributed by atoms with Crippen molar-refractivity contribution in [2.45, 2.75) is 19.4 Å². The van der Waals surface area contributed by atoms with E-state index in [1.54, 1.807) is 12.3 Å². The minimum atomic E-state index is -0.115. The zero-order valence-corrected chi connectivity index (χ0v) is 18.1. The van der Waals surface area contributed by atoms with Crippen LogP contribution < -0.4 is 5.32 Å². The van der Waals surface area contributed by atoms with E-state index in [2.05, 4.69) is 38.4 Å². The van der Waals surface area contributed by atoms with Gasteiger partial charge in [-0.15, -0.1) is 0 Å². The molecule has 1 fully saturated rings. The molecular weight excluding hydrogens is 444 g/mol. The normalized spacial score (nSPS) is 14.5. The topological polar surface area (TPSA) is 67.2 Å². The summed E-state index contributed by atoms with van der Waals surface area (Å²) in [6.07, 6.45) is 4.88. The number of benzene rings is 1. The number of amides is 2. The SMILES string of the molecule is O=C(Nc1ccc(Br)cn1)C1CCN(C(=O)c2cccn2Cc2ccccc2)CC1. The smallest absolute Gasteiger partial charge is 0.270 e. The predicted octanol–water partition coefficient (Wildman–Crippen LogP) is 4.18. The number of carbonyl (C=O) groups excluding carboxylic acids is 2. The lowest BCUT2D eigenvalue weighted by atomic mass is 9.95. The number of likely N-dealkylation sites (tertiary alicyclic amines) is 1. The molecule has 1 aromatic carbocycles. The summed E-state index contributed by atoms with van der Waals surface area (Å²) in [6.45, 7) is 1.80. The quantitative estimate of drug-likeness (QED) is 0.612. The Balaban J connectivity index is 1.34. The zero-order chi connectivity index (χ0) is 20.9. The van der Waals surface area contributed by atoms with Crippen LogP contribution in [0.15, 0.2) is 71.5 Å². The molecule has 0 spiro atoms. The van der Waals surface area contributed by atoms with Crippen LogP contribution in [0, 0.1) is 5.92 Å². The summed E-state index contributed by atoms with van der Waals surface area (Å²) in [5, 5.41) is 2.87. The van der Waals surface area contributed by atoms with E-state index in [0.29, 0.717) is 44.0 Å². The van der Waals surface area contributed by atoms with Crippen LogP contribution in [0.25, 0.3) is 0 Å². The standard InChI is InChI=1S/C23H23BrN4O2/c24-19-8-9-21(25-15-19)26-22(29)18-10-13-27(14-11-18)23(30)20-7-4-12-28(20)16-17-5-2-1-3-6-17/h1-9,12,15,18H,10-11,13-14,16H2,(H,25,26,29). The number of hydrogen-bond donors (Lipinski definition) is 1. The molecule has 3 heterocycles. The van der Waals surface area contributed by atoms with Crippen molar-refractivity contribution < 1.29 is 9.59 Å². The third-order valence-electron chi connectivity index (χ3n) is 5.38. The first-order valence-corrected chi connectivity index (χ1v) is 10.8. The second kappa shape index (κ2) is 9.26. The number of carbonyl (C=O) groups is 2. The Morgan fingerprint density at radius 1 is 1.03 bits per heavy atom. The number of hydrogen-bond acceptors (Lipinski definition) is 3. The zero-order valence-electron chi connectivity index (χ0n) is 16.5. The van der Waals surface area contributed by atoms with E-state index in [-0.39, 0.29) is 17.7 Å². The van der Waals surface area contributed by atoms with Gasteiger partial charge in [-0.2, -0.15) is 0 Å². The molecule has 4 rings (SSSR count). The highest BCUT2D eigenvalue weighted by Crippen LogP contribution is 2.21. The molecule has 0 bridgehead atoms. The van der Waals surface area contributed by atoms with Gasteiger partial charge in [0.15, 0.2) is 0 Å². The van der Waals surface area contributed by atoms with E-state index in [1.165, 1.54) is 0 Å². The van der Waals surface area contributed by atoms with Crippen LogP contribution in [0.5, 0.6) is 0 Å². The van der Waals surface area contributed by atoms with E-state index in [9.17, 15) is 9.59 Å². The molecule has 0 aliphatic carbocycles. The van der Waals surface area contributed by atoms with Gasteiger partial charge < -0.3 is 14.8 Å². The molecule has 0 atom stereocenters. The molecule has 2 aromatic heterocycles.